The van der Waals surface area contributed by atoms with E-state index in [1.54, 1.807) is 7.11 Å². The van der Waals surface area contributed by atoms with Gasteiger partial charge in [-0.3, -0.25) is 9.59 Å². The first-order valence-corrected chi connectivity index (χ1v) is 9.22. The van der Waals surface area contributed by atoms with Crippen molar-refractivity contribution in [2.45, 2.75) is 19.9 Å². The Balaban J connectivity index is 2.17. The molecule has 1 N–H and O–H groups in total. The number of benzene rings is 1. The van der Waals surface area contributed by atoms with Crippen molar-refractivity contribution in [3.63, 3.8) is 0 Å². The number of thiophene rings is 1. The number of likely N-dealkylation sites (tertiary alicyclic amines) is 1. The molecule has 1 aliphatic heterocycles. The summed E-state index contributed by atoms with van der Waals surface area (Å²) in [5.41, 5.74) is 2.54. The Kier molecular flexibility index (Phi) is 5.25. The number of ketones is 1. The zero-order valence-electron chi connectivity index (χ0n) is 15.0. The van der Waals surface area contributed by atoms with Crippen molar-refractivity contribution in [2.24, 2.45) is 0 Å². The molecule has 1 aliphatic rings. The predicted octanol–water partition coefficient (Wildman–Crippen LogP) is 3.43. The Morgan fingerprint density at radius 3 is 2.69 bits per heavy atom. The number of amides is 1. The van der Waals surface area contributed by atoms with Crippen LogP contribution in [0.4, 0.5) is 0 Å². The third kappa shape index (κ3) is 3.18. The number of carbonyl (C=O) groups is 2. The van der Waals surface area contributed by atoms with Crippen LogP contribution in [-0.4, -0.2) is 42.0 Å². The summed E-state index contributed by atoms with van der Waals surface area (Å²) >= 11 is 1.45. The highest BCUT2D eigenvalue weighted by atomic mass is 32.1. The fourth-order valence-electron chi connectivity index (χ4n) is 3.18. The number of ether oxygens (including phenoxy) is 1. The van der Waals surface area contributed by atoms with Crippen LogP contribution >= 0.6 is 11.3 Å². The van der Waals surface area contributed by atoms with E-state index in [1.807, 2.05) is 49.6 Å². The van der Waals surface area contributed by atoms with Crippen molar-refractivity contribution >= 4 is 28.8 Å². The quantitative estimate of drug-likeness (QED) is 0.497. The summed E-state index contributed by atoms with van der Waals surface area (Å²) in [6.45, 7) is 4.39. The standard InChI is InChI=1S/C20H21NO4S/c1-12-6-7-13(2)14(11-12)18(22)16-17(15-5-4-10-26-15)21(8-9-25-3)20(24)19(16)23/h4-7,10-11,17,22H,8-9H2,1-3H3/t17-/m0/s1. The highest BCUT2D eigenvalue weighted by Crippen LogP contribution is 2.41. The molecule has 2 aromatic rings. The largest absolute Gasteiger partial charge is 0.507 e. The molecule has 0 unspecified atom stereocenters. The third-order valence-corrected chi connectivity index (χ3v) is 5.46. The molecule has 136 valence electrons. The second-order valence-electron chi connectivity index (χ2n) is 6.32. The van der Waals surface area contributed by atoms with Gasteiger partial charge in [-0.15, -0.1) is 11.3 Å². The minimum atomic E-state index is -0.655. The van der Waals surface area contributed by atoms with Gasteiger partial charge in [0.1, 0.15) is 5.76 Å². The molecule has 1 amide bonds. The molecule has 0 saturated carbocycles. The van der Waals surface area contributed by atoms with Gasteiger partial charge in [0.25, 0.3) is 11.7 Å². The van der Waals surface area contributed by atoms with Gasteiger partial charge in [0.15, 0.2) is 0 Å². The Hall–Kier alpha value is -2.44. The lowest BCUT2D eigenvalue weighted by Crippen LogP contribution is -2.32. The van der Waals surface area contributed by atoms with Crippen LogP contribution in [0.5, 0.6) is 0 Å². The van der Waals surface area contributed by atoms with Gasteiger partial charge in [-0.05, 0) is 36.9 Å². The number of aryl methyl sites for hydroxylation is 2. The van der Waals surface area contributed by atoms with Crippen LogP contribution in [0.15, 0.2) is 41.3 Å². The lowest BCUT2D eigenvalue weighted by atomic mass is 9.96. The van der Waals surface area contributed by atoms with E-state index in [-0.39, 0.29) is 17.9 Å². The van der Waals surface area contributed by atoms with E-state index in [2.05, 4.69) is 0 Å². The predicted molar refractivity (Wildman–Crippen MR) is 101 cm³/mol. The van der Waals surface area contributed by atoms with Gasteiger partial charge in [-0.2, -0.15) is 0 Å². The van der Waals surface area contributed by atoms with E-state index in [0.29, 0.717) is 12.2 Å². The first-order valence-electron chi connectivity index (χ1n) is 8.34. The SMILES string of the molecule is COCCN1C(=O)C(=O)C(=C(O)c2cc(C)ccc2C)[C@@H]1c1cccs1. The summed E-state index contributed by atoms with van der Waals surface area (Å²) in [4.78, 5) is 27.7. The summed E-state index contributed by atoms with van der Waals surface area (Å²) in [6, 6.07) is 8.82. The number of aliphatic hydroxyl groups is 1. The van der Waals surface area contributed by atoms with E-state index >= 15 is 0 Å². The second kappa shape index (κ2) is 7.43. The Bertz CT molecular complexity index is 870. The average molecular weight is 371 g/mol. The van der Waals surface area contributed by atoms with Crippen LogP contribution in [-0.2, 0) is 14.3 Å². The molecule has 1 atom stereocenters. The molecule has 0 spiro atoms. The van der Waals surface area contributed by atoms with Crippen molar-refractivity contribution in [3.05, 3.63) is 62.9 Å². The summed E-state index contributed by atoms with van der Waals surface area (Å²) in [6.07, 6.45) is 0. The van der Waals surface area contributed by atoms with Gasteiger partial charge in [0.05, 0.1) is 18.2 Å². The molecule has 5 nitrogen and oxygen atoms in total. The van der Waals surface area contributed by atoms with Crippen molar-refractivity contribution in [1.82, 2.24) is 4.90 Å². The zero-order valence-corrected chi connectivity index (χ0v) is 15.8. The monoisotopic (exact) mass is 371 g/mol. The number of hydrogen-bond donors (Lipinski definition) is 1. The molecule has 1 aromatic heterocycles. The second-order valence-corrected chi connectivity index (χ2v) is 7.30. The van der Waals surface area contributed by atoms with Crippen LogP contribution < -0.4 is 0 Å². The summed E-state index contributed by atoms with van der Waals surface area (Å²) in [5, 5.41) is 12.9. The fraction of sp³-hybridized carbons (Fsp3) is 0.300. The van der Waals surface area contributed by atoms with Gasteiger partial charge >= 0.3 is 0 Å². The molecule has 0 radical (unpaired) electrons. The number of methoxy groups -OCH3 is 1. The molecule has 1 aromatic carbocycles. The maximum atomic E-state index is 12.8. The zero-order chi connectivity index (χ0) is 18.8. The molecule has 1 fully saturated rings. The van der Waals surface area contributed by atoms with Crippen molar-refractivity contribution in [1.29, 1.82) is 0 Å². The fourth-order valence-corrected chi connectivity index (χ4v) is 4.02. The number of hydrogen-bond acceptors (Lipinski definition) is 5. The van der Waals surface area contributed by atoms with Crippen molar-refractivity contribution in [2.75, 3.05) is 20.3 Å². The molecule has 26 heavy (non-hydrogen) atoms. The van der Waals surface area contributed by atoms with Crippen molar-refractivity contribution < 1.29 is 19.4 Å². The molecule has 3 rings (SSSR count). The molecule has 1 saturated heterocycles. The van der Waals surface area contributed by atoms with Crippen LogP contribution in [0, 0.1) is 13.8 Å². The number of carbonyl (C=O) groups excluding carboxylic acids is 2. The number of nitrogens with zero attached hydrogens (tertiary/aromatic N) is 1. The smallest absolute Gasteiger partial charge is 0.295 e. The van der Waals surface area contributed by atoms with Gasteiger partial charge < -0.3 is 14.7 Å². The first-order chi connectivity index (χ1) is 12.5. The van der Waals surface area contributed by atoms with E-state index in [0.717, 1.165) is 16.0 Å². The first kappa shape index (κ1) is 18.4. The molecule has 2 heterocycles. The third-order valence-electron chi connectivity index (χ3n) is 4.54. The van der Waals surface area contributed by atoms with Crippen LogP contribution in [0.25, 0.3) is 5.76 Å². The normalized spacial score (nSPS) is 19.3. The Labute approximate surface area is 156 Å². The summed E-state index contributed by atoms with van der Waals surface area (Å²) in [5.74, 6) is -1.38. The maximum absolute atomic E-state index is 12.8. The molecular weight excluding hydrogens is 350 g/mol. The number of Topliss-reactive ketones (excluding diaryl/α,β-unsaturated/α-hetero) is 1. The maximum Gasteiger partial charge on any atom is 0.295 e. The van der Waals surface area contributed by atoms with E-state index in [1.165, 1.54) is 16.2 Å². The van der Waals surface area contributed by atoms with Crippen LogP contribution in [0.2, 0.25) is 0 Å². The van der Waals surface area contributed by atoms with Crippen LogP contribution in [0.3, 0.4) is 0 Å². The van der Waals surface area contributed by atoms with Gasteiger partial charge in [-0.25, -0.2) is 0 Å². The molecule has 6 heteroatoms. The van der Waals surface area contributed by atoms with Crippen LogP contribution in [0.1, 0.15) is 27.6 Å². The lowest BCUT2D eigenvalue weighted by molar-refractivity contribution is -0.140. The minimum absolute atomic E-state index is 0.122. The molecule has 0 aliphatic carbocycles. The summed E-state index contributed by atoms with van der Waals surface area (Å²) < 4.78 is 5.09. The van der Waals surface area contributed by atoms with E-state index in [4.69, 9.17) is 4.74 Å². The van der Waals surface area contributed by atoms with E-state index in [9.17, 15) is 14.7 Å². The highest BCUT2D eigenvalue weighted by Gasteiger charge is 2.46. The Morgan fingerprint density at radius 2 is 2.04 bits per heavy atom. The molecule has 0 bridgehead atoms. The van der Waals surface area contributed by atoms with E-state index < -0.39 is 17.7 Å². The van der Waals surface area contributed by atoms with Gasteiger partial charge in [0, 0.05) is 24.1 Å². The summed E-state index contributed by atoms with van der Waals surface area (Å²) in [7, 11) is 1.55. The lowest BCUT2D eigenvalue weighted by Gasteiger charge is -2.23. The number of rotatable bonds is 5. The average Bonchev–Trinajstić information content (AvgIpc) is 3.23. The minimum Gasteiger partial charge on any atom is -0.507 e. The number of aliphatic hydroxyl groups excluding tert-OH is 1. The van der Waals surface area contributed by atoms with Crippen molar-refractivity contribution in [3.8, 4) is 0 Å². The van der Waals surface area contributed by atoms with Gasteiger partial charge in [0.2, 0.25) is 0 Å². The Morgan fingerprint density at radius 1 is 1.27 bits per heavy atom. The topological polar surface area (TPSA) is 66.8 Å². The highest BCUT2D eigenvalue weighted by molar-refractivity contribution is 7.10. The molecular formula is C20H21NO4S. The van der Waals surface area contributed by atoms with Gasteiger partial charge in [-0.1, -0.05) is 23.8 Å².